The number of carboxylic acid groups (broad SMARTS) is 1. The van der Waals surface area contributed by atoms with Crippen LogP contribution in [-0.2, 0) is 11.3 Å². The lowest BCUT2D eigenvalue weighted by Gasteiger charge is -2.27. The number of pyridine rings is 1. The van der Waals surface area contributed by atoms with E-state index in [1.807, 2.05) is 25.1 Å². The molecule has 20 heavy (non-hydrogen) atoms. The van der Waals surface area contributed by atoms with Crippen LogP contribution < -0.4 is 0 Å². The predicted molar refractivity (Wildman–Crippen MR) is 73.2 cm³/mol. The summed E-state index contributed by atoms with van der Waals surface area (Å²) in [4.78, 5) is 30.7. The van der Waals surface area contributed by atoms with Gasteiger partial charge in [-0.25, -0.2) is 9.59 Å². The number of aromatic nitrogens is 1. The van der Waals surface area contributed by atoms with Gasteiger partial charge in [0.05, 0.1) is 12.2 Å². The van der Waals surface area contributed by atoms with Crippen LogP contribution in [0.3, 0.4) is 0 Å². The Hall–Kier alpha value is -2.11. The van der Waals surface area contributed by atoms with Crippen LogP contribution in [0.4, 0.5) is 4.79 Å². The molecule has 2 rings (SSSR count). The fourth-order valence-corrected chi connectivity index (χ4v) is 2.47. The van der Waals surface area contributed by atoms with Gasteiger partial charge < -0.3 is 14.9 Å². The minimum Gasteiger partial charge on any atom is -0.480 e. The second-order valence-corrected chi connectivity index (χ2v) is 5.10. The van der Waals surface area contributed by atoms with Crippen molar-refractivity contribution in [3.63, 3.8) is 0 Å². The number of carbonyl (C=O) groups excluding carboxylic acids is 1. The molecule has 0 aromatic carbocycles. The van der Waals surface area contributed by atoms with Gasteiger partial charge in [-0.15, -0.1) is 0 Å². The van der Waals surface area contributed by atoms with Gasteiger partial charge in [0, 0.05) is 19.3 Å². The van der Waals surface area contributed by atoms with Crippen molar-refractivity contribution in [2.75, 3.05) is 13.6 Å². The number of hydrogen-bond acceptors (Lipinski definition) is 3. The van der Waals surface area contributed by atoms with Crippen molar-refractivity contribution in [3.8, 4) is 0 Å². The molecule has 1 N–H and O–H groups in total. The summed E-state index contributed by atoms with van der Waals surface area (Å²) in [5, 5.41) is 9.12. The second kappa shape index (κ2) is 5.90. The number of carboxylic acids is 1. The van der Waals surface area contributed by atoms with E-state index in [0.717, 1.165) is 17.8 Å². The number of likely N-dealkylation sites (tertiary alicyclic amines) is 1. The summed E-state index contributed by atoms with van der Waals surface area (Å²) >= 11 is 0. The molecule has 2 amide bonds. The van der Waals surface area contributed by atoms with Gasteiger partial charge in [-0.3, -0.25) is 4.98 Å². The third kappa shape index (κ3) is 3.07. The van der Waals surface area contributed by atoms with Crippen LogP contribution >= 0.6 is 0 Å². The Morgan fingerprint density at radius 2 is 2.25 bits per heavy atom. The zero-order valence-corrected chi connectivity index (χ0v) is 11.7. The molecule has 6 nitrogen and oxygen atoms in total. The number of amides is 2. The Labute approximate surface area is 118 Å². The van der Waals surface area contributed by atoms with Gasteiger partial charge in [-0.2, -0.15) is 0 Å². The molecule has 1 atom stereocenters. The molecule has 0 aliphatic carbocycles. The first-order valence-electron chi connectivity index (χ1n) is 6.66. The first-order valence-corrected chi connectivity index (χ1v) is 6.66. The summed E-state index contributed by atoms with van der Waals surface area (Å²) in [7, 11) is 1.67. The Morgan fingerprint density at radius 3 is 2.90 bits per heavy atom. The van der Waals surface area contributed by atoms with E-state index in [4.69, 9.17) is 5.11 Å². The monoisotopic (exact) mass is 277 g/mol. The van der Waals surface area contributed by atoms with Gasteiger partial charge in [-0.1, -0.05) is 6.07 Å². The minimum absolute atomic E-state index is 0.252. The van der Waals surface area contributed by atoms with Crippen LogP contribution in [0.15, 0.2) is 18.2 Å². The lowest BCUT2D eigenvalue weighted by Crippen LogP contribution is -2.46. The minimum atomic E-state index is -0.932. The molecule has 0 unspecified atom stereocenters. The second-order valence-electron chi connectivity index (χ2n) is 5.10. The Balaban J connectivity index is 2.03. The van der Waals surface area contributed by atoms with Crippen LogP contribution in [0.1, 0.15) is 24.2 Å². The normalized spacial score (nSPS) is 18.1. The van der Waals surface area contributed by atoms with Crippen molar-refractivity contribution in [1.29, 1.82) is 0 Å². The van der Waals surface area contributed by atoms with Gasteiger partial charge in [0.2, 0.25) is 0 Å². The van der Waals surface area contributed by atoms with Crippen LogP contribution in [0.5, 0.6) is 0 Å². The van der Waals surface area contributed by atoms with E-state index < -0.39 is 12.0 Å². The highest BCUT2D eigenvalue weighted by atomic mass is 16.4. The van der Waals surface area contributed by atoms with E-state index in [-0.39, 0.29) is 6.03 Å². The van der Waals surface area contributed by atoms with Gasteiger partial charge in [0.25, 0.3) is 0 Å². The van der Waals surface area contributed by atoms with Crippen molar-refractivity contribution in [2.24, 2.45) is 0 Å². The van der Waals surface area contributed by atoms with Gasteiger partial charge in [0.1, 0.15) is 6.04 Å². The number of rotatable bonds is 3. The first-order chi connectivity index (χ1) is 9.49. The summed E-state index contributed by atoms with van der Waals surface area (Å²) in [6.45, 7) is 2.77. The van der Waals surface area contributed by atoms with Crippen LogP contribution in [0.25, 0.3) is 0 Å². The fraction of sp³-hybridized carbons (Fsp3) is 0.500. The van der Waals surface area contributed by atoms with E-state index >= 15 is 0 Å². The lowest BCUT2D eigenvalue weighted by molar-refractivity contribution is -0.141. The molecule has 0 saturated carbocycles. The Kier molecular flexibility index (Phi) is 4.22. The SMILES string of the molecule is Cc1cccc(CN(C)C(=O)N2CCC[C@@H]2C(=O)O)n1. The fourth-order valence-electron chi connectivity index (χ4n) is 2.47. The summed E-state index contributed by atoms with van der Waals surface area (Å²) in [5.74, 6) is -0.932. The maximum Gasteiger partial charge on any atom is 0.326 e. The maximum atomic E-state index is 12.3. The molecule has 0 radical (unpaired) electrons. The summed E-state index contributed by atoms with van der Waals surface area (Å²) < 4.78 is 0. The molecule has 108 valence electrons. The molecule has 6 heteroatoms. The molecule has 1 saturated heterocycles. The van der Waals surface area contributed by atoms with E-state index in [0.29, 0.717) is 19.5 Å². The number of carbonyl (C=O) groups is 2. The Bertz CT molecular complexity index is 518. The number of urea groups is 1. The largest absolute Gasteiger partial charge is 0.480 e. The summed E-state index contributed by atoms with van der Waals surface area (Å²) in [6, 6.07) is 4.70. The molecular weight excluding hydrogens is 258 g/mol. The molecule has 2 heterocycles. The highest BCUT2D eigenvalue weighted by Gasteiger charge is 2.35. The van der Waals surface area contributed by atoms with Gasteiger partial charge in [0.15, 0.2) is 0 Å². The van der Waals surface area contributed by atoms with E-state index in [1.54, 1.807) is 7.05 Å². The molecule has 1 aromatic rings. The number of aryl methyl sites for hydroxylation is 1. The van der Waals surface area contributed by atoms with Gasteiger partial charge >= 0.3 is 12.0 Å². The molecule has 1 aliphatic heterocycles. The molecule has 1 aromatic heterocycles. The third-order valence-corrected chi connectivity index (χ3v) is 3.46. The smallest absolute Gasteiger partial charge is 0.326 e. The van der Waals surface area contributed by atoms with Crippen LogP contribution in [0.2, 0.25) is 0 Å². The zero-order chi connectivity index (χ0) is 14.7. The standard InChI is InChI=1S/C14H19N3O3/c1-10-5-3-6-11(15-10)9-16(2)14(20)17-8-4-7-12(17)13(18)19/h3,5-6,12H,4,7-9H2,1-2H3,(H,18,19)/t12-/m1/s1. The van der Waals surface area contributed by atoms with E-state index in [1.165, 1.54) is 9.80 Å². The van der Waals surface area contributed by atoms with Crippen molar-refractivity contribution in [1.82, 2.24) is 14.8 Å². The first kappa shape index (κ1) is 14.3. The number of hydrogen-bond donors (Lipinski definition) is 1. The average Bonchev–Trinajstić information content (AvgIpc) is 2.87. The van der Waals surface area contributed by atoms with Gasteiger partial charge in [-0.05, 0) is 31.9 Å². The lowest BCUT2D eigenvalue weighted by atomic mass is 10.2. The van der Waals surface area contributed by atoms with Crippen molar-refractivity contribution >= 4 is 12.0 Å². The van der Waals surface area contributed by atoms with Crippen molar-refractivity contribution < 1.29 is 14.7 Å². The zero-order valence-electron chi connectivity index (χ0n) is 11.7. The topological polar surface area (TPSA) is 73.7 Å². The number of nitrogens with zero attached hydrogens (tertiary/aromatic N) is 3. The predicted octanol–water partition coefficient (Wildman–Crippen LogP) is 1.49. The third-order valence-electron chi connectivity index (χ3n) is 3.46. The maximum absolute atomic E-state index is 12.3. The van der Waals surface area contributed by atoms with E-state index in [2.05, 4.69) is 4.98 Å². The highest BCUT2D eigenvalue weighted by Crippen LogP contribution is 2.19. The van der Waals surface area contributed by atoms with Crippen LogP contribution in [-0.4, -0.2) is 51.5 Å². The summed E-state index contributed by atoms with van der Waals surface area (Å²) in [6.07, 6.45) is 1.26. The number of aliphatic carboxylic acids is 1. The Morgan fingerprint density at radius 1 is 1.50 bits per heavy atom. The van der Waals surface area contributed by atoms with Crippen LogP contribution in [0, 0.1) is 6.92 Å². The van der Waals surface area contributed by atoms with Crippen molar-refractivity contribution in [2.45, 2.75) is 32.4 Å². The average molecular weight is 277 g/mol. The quantitative estimate of drug-likeness (QED) is 0.908. The molecule has 0 spiro atoms. The molecule has 0 bridgehead atoms. The van der Waals surface area contributed by atoms with E-state index in [9.17, 15) is 9.59 Å². The molecular formula is C14H19N3O3. The molecule has 1 fully saturated rings. The highest BCUT2D eigenvalue weighted by molar-refractivity contribution is 5.83. The molecule has 1 aliphatic rings. The summed E-state index contributed by atoms with van der Waals surface area (Å²) in [5.41, 5.74) is 1.69. The van der Waals surface area contributed by atoms with Crippen molar-refractivity contribution in [3.05, 3.63) is 29.6 Å².